The SMILES string of the molecule is CN(C(=O)C1(C#N)CCOCC1)c1ccccn1. The van der Waals surface area contributed by atoms with Crippen molar-refractivity contribution in [3.05, 3.63) is 24.4 Å². The molecule has 5 nitrogen and oxygen atoms in total. The number of nitriles is 1. The minimum atomic E-state index is -0.968. The van der Waals surface area contributed by atoms with Crippen LogP contribution >= 0.6 is 0 Å². The number of anilines is 1. The summed E-state index contributed by atoms with van der Waals surface area (Å²) in [6, 6.07) is 7.52. The molecule has 0 saturated carbocycles. The van der Waals surface area contributed by atoms with Gasteiger partial charge in [-0.2, -0.15) is 5.26 Å². The molecule has 2 rings (SSSR count). The first-order chi connectivity index (χ1) is 8.69. The third-order valence-electron chi connectivity index (χ3n) is 3.27. The van der Waals surface area contributed by atoms with Gasteiger partial charge in [0, 0.05) is 26.5 Å². The Balaban J connectivity index is 2.22. The molecule has 0 aromatic carbocycles. The Kier molecular flexibility index (Phi) is 3.58. The number of carbonyl (C=O) groups excluding carboxylic acids is 1. The maximum Gasteiger partial charge on any atom is 0.248 e. The molecule has 0 radical (unpaired) electrons. The predicted octanol–water partition coefficient (Wildman–Crippen LogP) is 1.36. The summed E-state index contributed by atoms with van der Waals surface area (Å²) in [5.41, 5.74) is -0.968. The zero-order valence-corrected chi connectivity index (χ0v) is 10.3. The summed E-state index contributed by atoms with van der Waals surface area (Å²) in [5, 5.41) is 9.33. The minimum absolute atomic E-state index is 0.202. The Morgan fingerprint density at radius 1 is 1.50 bits per heavy atom. The number of rotatable bonds is 2. The molecule has 0 N–H and O–H groups in total. The van der Waals surface area contributed by atoms with Gasteiger partial charge in [0.05, 0.1) is 6.07 Å². The first kappa shape index (κ1) is 12.5. The van der Waals surface area contributed by atoms with Crippen LogP contribution in [0.2, 0.25) is 0 Å². The molecule has 1 amide bonds. The average Bonchev–Trinajstić information content (AvgIpc) is 2.47. The number of hydrogen-bond acceptors (Lipinski definition) is 4. The number of amides is 1. The quantitative estimate of drug-likeness (QED) is 0.789. The van der Waals surface area contributed by atoms with E-state index < -0.39 is 5.41 Å². The highest BCUT2D eigenvalue weighted by molar-refractivity contribution is 5.98. The van der Waals surface area contributed by atoms with Gasteiger partial charge in [-0.1, -0.05) is 6.07 Å². The van der Waals surface area contributed by atoms with Crippen molar-refractivity contribution in [2.75, 3.05) is 25.2 Å². The van der Waals surface area contributed by atoms with Crippen LogP contribution in [0, 0.1) is 16.7 Å². The Labute approximate surface area is 106 Å². The topological polar surface area (TPSA) is 66.2 Å². The molecule has 0 atom stereocenters. The Morgan fingerprint density at radius 2 is 2.22 bits per heavy atom. The minimum Gasteiger partial charge on any atom is -0.381 e. The van der Waals surface area contributed by atoms with E-state index in [2.05, 4.69) is 11.1 Å². The second-order valence-corrected chi connectivity index (χ2v) is 4.36. The van der Waals surface area contributed by atoms with Gasteiger partial charge in [-0.25, -0.2) is 4.98 Å². The first-order valence-corrected chi connectivity index (χ1v) is 5.88. The summed E-state index contributed by atoms with van der Waals surface area (Å²) in [4.78, 5) is 18.0. The van der Waals surface area contributed by atoms with Gasteiger partial charge in [0.25, 0.3) is 0 Å². The number of nitrogens with zero attached hydrogens (tertiary/aromatic N) is 3. The highest BCUT2D eigenvalue weighted by atomic mass is 16.5. The van der Waals surface area contributed by atoms with Crippen molar-refractivity contribution in [2.45, 2.75) is 12.8 Å². The highest BCUT2D eigenvalue weighted by Gasteiger charge is 2.42. The summed E-state index contributed by atoms with van der Waals surface area (Å²) in [6.07, 6.45) is 2.52. The van der Waals surface area contributed by atoms with Crippen LogP contribution < -0.4 is 4.90 Å². The van der Waals surface area contributed by atoms with Crippen molar-refractivity contribution in [3.8, 4) is 6.07 Å². The molecule has 2 heterocycles. The standard InChI is InChI=1S/C13H15N3O2/c1-16(11-4-2-3-7-15-11)12(17)13(10-14)5-8-18-9-6-13/h2-4,7H,5-6,8-9H2,1H3. The molecule has 1 aliphatic heterocycles. The van der Waals surface area contributed by atoms with E-state index in [4.69, 9.17) is 4.74 Å². The van der Waals surface area contributed by atoms with E-state index in [1.54, 1.807) is 25.4 Å². The lowest BCUT2D eigenvalue weighted by atomic mass is 9.80. The number of pyridine rings is 1. The highest BCUT2D eigenvalue weighted by Crippen LogP contribution is 2.32. The fraction of sp³-hybridized carbons (Fsp3) is 0.462. The van der Waals surface area contributed by atoms with Crippen molar-refractivity contribution in [1.29, 1.82) is 5.26 Å². The Bertz CT molecular complexity index is 461. The van der Waals surface area contributed by atoms with Crippen LogP contribution in [0.5, 0.6) is 0 Å². The van der Waals surface area contributed by atoms with E-state index in [0.717, 1.165) is 0 Å². The van der Waals surface area contributed by atoms with Gasteiger partial charge in [0.15, 0.2) is 0 Å². The van der Waals surface area contributed by atoms with Crippen molar-refractivity contribution in [2.24, 2.45) is 5.41 Å². The fourth-order valence-corrected chi connectivity index (χ4v) is 2.07. The summed E-state index contributed by atoms with van der Waals surface area (Å²) < 4.78 is 5.22. The maximum atomic E-state index is 12.5. The normalized spacial score (nSPS) is 17.8. The lowest BCUT2D eigenvalue weighted by Crippen LogP contribution is -2.45. The third kappa shape index (κ3) is 2.20. The average molecular weight is 245 g/mol. The van der Waals surface area contributed by atoms with Crippen LogP contribution in [0.15, 0.2) is 24.4 Å². The number of carbonyl (C=O) groups is 1. The molecule has 1 aromatic rings. The van der Waals surface area contributed by atoms with Gasteiger partial charge in [-0.15, -0.1) is 0 Å². The van der Waals surface area contributed by atoms with Gasteiger partial charge in [-0.05, 0) is 25.0 Å². The van der Waals surface area contributed by atoms with E-state index in [-0.39, 0.29) is 5.91 Å². The van der Waals surface area contributed by atoms with E-state index in [9.17, 15) is 10.1 Å². The largest absolute Gasteiger partial charge is 0.381 e. The number of hydrogen-bond donors (Lipinski definition) is 0. The van der Waals surface area contributed by atoms with Crippen LogP contribution in [0.3, 0.4) is 0 Å². The van der Waals surface area contributed by atoms with E-state index in [1.807, 2.05) is 6.07 Å². The molecule has 0 spiro atoms. The summed E-state index contributed by atoms with van der Waals surface area (Å²) in [5.74, 6) is 0.357. The van der Waals surface area contributed by atoms with E-state index >= 15 is 0 Å². The van der Waals surface area contributed by atoms with Gasteiger partial charge < -0.3 is 4.74 Å². The summed E-state index contributed by atoms with van der Waals surface area (Å²) >= 11 is 0. The molecule has 94 valence electrons. The van der Waals surface area contributed by atoms with Gasteiger partial charge in [0.2, 0.25) is 5.91 Å². The predicted molar refractivity (Wildman–Crippen MR) is 65.7 cm³/mol. The zero-order valence-electron chi connectivity index (χ0n) is 10.3. The van der Waals surface area contributed by atoms with Crippen LogP contribution in [0.25, 0.3) is 0 Å². The lowest BCUT2D eigenvalue weighted by molar-refractivity contribution is -0.129. The monoisotopic (exact) mass is 245 g/mol. The molecule has 1 aromatic heterocycles. The van der Waals surface area contributed by atoms with Gasteiger partial charge >= 0.3 is 0 Å². The lowest BCUT2D eigenvalue weighted by Gasteiger charge is -2.32. The van der Waals surface area contributed by atoms with E-state index in [1.165, 1.54) is 4.90 Å². The first-order valence-electron chi connectivity index (χ1n) is 5.88. The van der Waals surface area contributed by atoms with Crippen LogP contribution in [0.4, 0.5) is 5.82 Å². The molecular weight excluding hydrogens is 230 g/mol. The zero-order chi connectivity index (χ0) is 13.0. The molecular formula is C13H15N3O2. The molecule has 0 unspecified atom stereocenters. The van der Waals surface area contributed by atoms with Gasteiger partial charge in [0.1, 0.15) is 11.2 Å². The molecule has 0 aliphatic carbocycles. The van der Waals surface area contributed by atoms with Gasteiger partial charge in [-0.3, -0.25) is 9.69 Å². The van der Waals surface area contributed by atoms with Crippen LogP contribution in [0.1, 0.15) is 12.8 Å². The fourth-order valence-electron chi connectivity index (χ4n) is 2.07. The smallest absolute Gasteiger partial charge is 0.248 e. The summed E-state index contributed by atoms with van der Waals surface area (Å²) in [7, 11) is 1.65. The molecule has 18 heavy (non-hydrogen) atoms. The number of ether oxygens (including phenoxy) is 1. The Hall–Kier alpha value is -1.93. The van der Waals surface area contributed by atoms with Crippen molar-refractivity contribution >= 4 is 11.7 Å². The molecule has 1 aliphatic rings. The number of aromatic nitrogens is 1. The van der Waals surface area contributed by atoms with Crippen LogP contribution in [-0.4, -0.2) is 31.2 Å². The van der Waals surface area contributed by atoms with E-state index in [0.29, 0.717) is 31.9 Å². The van der Waals surface area contributed by atoms with Crippen molar-refractivity contribution in [1.82, 2.24) is 4.98 Å². The molecule has 5 heteroatoms. The summed E-state index contributed by atoms with van der Waals surface area (Å²) in [6.45, 7) is 0.907. The van der Waals surface area contributed by atoms with Crippen LogP contribution in [-0.2, 0) is 9.53 Å². The Morgan fingerprint density at radius 3 is 2.78 bits per heavy atom. The molecule has 1 fully saturated rings. The molecule has 0 bridgehead atoms. The third-order valence-corrected chi connectivity index (χ3v) is 3.27. The van der Waals surface area contributed by atoms with Crippen molar-refractivity contribution < 1.29 is 9.53 Å². The van der Waals surface area contributed by atoms with Crippen molar-refractivity contribution in [3.63, 3.8) is 0 Å². The second kappa shape index (κ2) is 5.15. The maximum absolute atomic E-state index is 12.5. The second-order valence-electron chi connectivity index (χ2n) is 4.36. The molecule has 1 saturated heterocycles.